The van der Waals surface area contributed by atoms with Crippen LogP contribution in [0.4, 0.5) is 5.69 Å². The number of aromatic amines is 1. The molecule has 1 aromatic heterocycles. The van der Waals surface area contributed by atoms with Gasteiger partial charge in [-0.1, -0.05) is 0 Å². The number of hydrogen-bond donors (Lipinski definition) is 1. The van der Waals surface area contributed by atoms with Gasteiger partial charge in [0.1, 0.15) is 0 Å². The SMILES string of the molecule is [B]=c1[nH]c(=O)/c(=C\c2cc(-c3ccc(N(C)C)cc3)ccc2OC(C)c2ccccc2)s1. The minimum absolute atomic E-state index is 0.139. The van der Waals surface area contributed by atoms with E-state index in [1.807, 2.05) is 75.6 Å². The Morgan fingerprint density at radius 3 is 2.31 bits per heavy atom. The third kappa shape index (κ3) is 4.92. The van der Waals surface area contributed by atoms with Crippen molar-refractivity contribution in [1.29, 1.82) is 0 Å². The van der Waals surface area contributed by atoms with Gasteiger partial charge in [0.2, 0.25) is 0 Å². The van der Waals surface area contributed by atoms with Crippen molar-refractivity contribution in [2.75, 3.05) is 19.0 Å². The Balaban J connectivity index is 1.77. The number of rotatable bonds is 6. The standard InChI is InChI=1S/C26H24BN2O2S/c1-17(18-7-5-4-6-8-18)31-23-14-11-20(19-9-12-22(13-10-19)29(2)3)15-21(23)16-24-25(30)28-26(27)32-24/h4-17H,1-3H3,(H,28,30)/b24-16+. The van der Waals surface area contributed by atoms with E-state index >= 15 is 0 Å². The molecule has 1 unspecified atom stereocenters. The van der Waals surface area contributed by atoms with Gasteiger partial charge in [0.15, 0.2) is 0 Å². The molecule has 1 atom stereocenters. The third-order valence-electron chi connectivity index (χ3n) is 5.27. The Morgan fingerprint density at radius 2 is 1.69 bits per heavy atom. The fourth-order valence-electron chi connectivity index (χ4n) is 3.48. The molecule has 4 nitrogen and oxygen atoms in total. The molecule has 1 heterocycles. The van der Waals surface area contributed by atoms with Crippen molar-refractivity contribution < 1.29 is 4.74 Å². The van der Waals surface area contributed by atoms with Gasteiger partial charge in [0.25, 0.3) is 0 Å². The number of H-pyrrole nitrogens is 1. The van der Waals surface area contributed by atoms with Crippen LogP contribution in [0.25, 0.3) is 17.2 Å². The summed E-state index contributed by atoms with van der Waals surface area (Å²) in [7, 11) is 9.84. The van der Waals surface area contributed by atoms with Gasteiger partial charge in [-0.05, 0) is 0 Å². The van der Waals surface area contributed by atoms with Gasteiger partial charge in [-0.2, -0.15) is 0 Å². The number of aromatic nitrogens is 1. The molecule has 0 aliphatic carbocycles. The maximum absolute atomic E-state index is 12.3. The van der Waals surface area contributed by atoms with Gasteiger partial charge in [0.05, 0.1) is 0 Å². The quantitative estimate of drug-likeness (QED) is 0.448. The van der Waals surface area contributed by atoms with Crippen LogP contribution in [-0.2, 0) is 0 Å². The first kappa shape index (κ1) is 21.8. The zero-order valence-electron chi connectivity index (χ0n) is 18.3. The zero-order valence-corrected chi connectivity index (χ0v) is 19.1. The monoisotopic (exact) mass is 439 g/mol. The predicted octanol–water partition coefficient (Wildman–Crippen LogP) is 4.56. The fraction of sp³-hybridized carbons (Fsp3) is 0.154. The van der Waals surface area contributed by atoms with Gasteiger partial charge in [-0.3, -0.25) is 0 Å². The summed E-state index contributed by atoms with van der Waals surface area (Å²) < 4.78 is 7.24. The summed E-state index contributed by atoms with van der Waals surface area (Å²) in [5.41, 5.74) is 4.98. The first-order valence-corrected chi connectivity index (χ1v) is 11.2. The first-order valence-electron chi connectivity index (χ1n) is 10.4. The molecule has 1 N–H and O–H groups in total. The van der Waals surface area contributed by atoms with Crippen molar-refractivity contribution in [2.45, 2.75) is 13.0 Å². The fourth-order valence-corrected chi connectivity index (χ4v) is 4.19. The molecule has 0 spiro atoms. The Hall–Kier alpha value is -3.38. The molecule has 0 aliphatic heterocycles. The van der Waals surface area contributed by atoms with E-state index in [9.17, 15) is 4.79 Å². The molecule has 0 amide bonds. The van der Waals surface area contributed by atoms with Crippen LogP contribution >= 0.6 is 11.3 Å². The molecule has 1 radical (unpaired) electrons. The van der Waals surface area contributed by atoms with E-state index in [-0.39, 0.29) is 11.7 Å². The second-order valence-corrected chi connectivity index (χ2v) is 8.88. The van der Waals surface area contributed by atoms with Gasteiger partial charge in [-0.25, -0.2) is 0 Å². The van der Waals surface area contributed by atoms with Crippen molar-refractivity contribution in [1.82, 2.24) is 4.98 Å². The van der Waals surface area contributed by atoms with Crippen molar-refractivity contribution in [3.63, 3.8) is 0 Å². The number of nitrogens with one attached hydrogen (secondary N) is 1. The molecule has 0 saturated heterocycles. The Labute approximate surface area is 192 Å². The van der Waals surface area contributed by atoms with E-state index in [4.69, 9.17) is 12.2 Å². The van der Waals surface area contributed by atoms with Gasteiger partial charge < -0.3 is 0 Å². The van der Waals surface area contributed by atoms with Crippen molar-refractivity contribution in [3.8, 4) is 16.9 Å². The molecule has 0 saturated carbocycles. The summed E-state index contributed by atoms with van der Waals surface area (Å²) >= 11 is 1.23. The summed E-state index contributed by atoms with van der Waals surface area (Å²) in [6, 6.07) is 24.5. The zero-order chi connectivity index (χ0) is 22.7. The molecular formula is C26H24BN2O2S. The van der Waals surface area contributed by atoms with E-state index in [0.717, 1.165) is 27.9 Å². The third-order valence-corrected chi connectivity index (χ3v) is 6.11. The molecule has 32 heavy (non-hydrogen) atoms. The number of ether oxygens (including phenoxy) is 1. The second-order valence-electron chi connectivity index (χ2n) is 7.79. The number of thiazole rings is 1. The number of anilines is 1. The summed E-state index contributed by atoms with van der Waals surface area (Å²) in [5, 5.41) is 0. The number of benzene rings is 3. The summed E-state index contributed by atoms with van der Waals surface area (Å²) in [6.07, 6.45) is 1.70. The summed E-state index contributed by atoms with van der Waals surface area (Å²) in [5.74, 6) is 0.710. The molecule has 4 rings (SSSR count). The molecule has 4 aromatic rings. The average molecular weight is 439 g/mol. The van der Waals surface area contributed by atoms with Crippen LogP contribution in [0.3, 0.4) is 0 Å². The van der Waals surface area contributed by atoms with Crippen LogP contribution < -0.4 is 19.7 Å². The molecule has 0 fully saturated rings. The van der Waals surface area contributed by atoms with Crippen molar-refractivity contribution in [2.24, 2.45) is 0 Å². The molecule has 6 heteroatoms. The molecule has 3 aromatic carbocycles. The van der Waals surface area contributed by atoms with Crippen LogP contribution in [0.5, 0.6) is 5.75 Å². The van der Waals surface area contributed by atoms with E-state index in [1.165, 1.54) is 11.3 Å². The van der Waals surface area contributed by atoms with E-state index in [1.54, 1.807) is 0 Å². The van der Waals surface area contributed by atoms with Gasteiger partial charge in [-0.15, -0.1) is 0 Å². The van der Waals surface area contributed by atoms with Crippen molar-refractivity contribution in [3.05, 3.63) is 103 Å². The van der Waals surface area contributed by atoms with Crippen LogP contribution in [0, 0.1) is 4.55 Å². The van der Waals surface area contributed by atoms with E-state index in [2.05, 4.69) is 34.1 Å². The Bertz CT molecular complexity index is 1380. The van der Waals surface area contributed by atoms with Crippen molar-refractivity contribution >= 4 is 30.6 Å². The van der Waals surface area contributed by atoms with Gasteiger partial charge in [0, 0.05) is 14.1 Å². The van der Waals surface area contributed by atoms with Crippen LogP contribution in [0.1, 0.15) is 24.2 Å². The van der Waals surface area contributed by atoms with E-state index in [0.29, 0.717) is 14.8 Å². The maximum atomic E-state index is 12.3. The first-order chi connectivity index (χ1) is 15.4. The molecule has 0 aliphatic rings. The van der Waals surface area contributed by atoms with Crippen LogP contribution in [0.15, 0.2) is 77.6 Å². The van der Waals surface area contributed by atoms with Crippen LogP contribution in [0.2, 0.25) is 0 Å². The predicted molar refractivity (Wildman–Crippen MR) is 134 cm³/mol. The van der Waals surface area contributed by atoms with Gasteiger partial charge >= 0.3 is 178 Å². The topological polar surface area (TPSA) is 45.3 Å². The Morgan fingerprint density at radius 1 is 1.00 bits per heavy atom. The Kier molecular flexibility index (Phi) is 6.42. The number of hydrogen-bond acceptors (Lipinski definition) is 4. The minimum atomic E-state index is -0.199. The number of nitrogens with zero attached hydrogens (tertiary/aromatic N) is 1. The summed E-state index contributed by atoms with van der Waals surface area (Å²) in [6.45, 7) is 2.02. The van der Waals surface area contributed by atoms with E-state index < -0.39 is 0 Å². The molecular weight excluding hydrogens is 415 g/mol. The second kappa shape index (κ2) is 9.41. The summed E-state index contributed by atoms with van der Waals surface area (Å²) in [4.78, 5) is 17.0. The normalized spacial score (nSPS) is 12.5. The van der Waals surface area contributed by atoms with Crippen LogP contribution in [-0.4, -0.2) is 26.6 Å². The molecule has 159 valence electrons. The molecule has 0 bridgehead atoms. The average Bonchev–Trinajstić information content (AvgIpc) is 3.12.